The molecule has 2 aliphatic rings. The zero-order valence-electron chi connectivity index (χ0n) is 29.4. The van der Waals surface area contributed by atoms with Crippen LogP contribution in [0.15, 0.2) is 103 Å². The number of hydrogen-bond acceptors (Lipinski definition) is 6. The van der Waals surface area contributed by atoms with E-state index in [1.54, 1.807) is 0 Å². The van der Waals surface area contributed by atoms with Gasteiger partial charge in [-0.15, -0.1) is 0 Å². The van der Waals surface area contributed by atoms with E-state index in [-0.39, 0.29) is 0 Å². The molecule has 8 nitrogen and oxygen atoms in total. The summed E-state index contributed by atoms with van der Waals surface area (Å²) >= 11 is 0. The summed E-state index contributed by atoms with van der Waals surface area (Å²) in [6.45, 7) is 13.9. The van der Waals surface area contributed by atoms with Crippen molar-refractivity contribution in [2.45, 2.75) is 26.7 Å². The van der Waals surface area contributed by atoms with Crippen LogP contribution >= 0.6 is 0 Å². The second-order valence-electron chi connectivity index (χ2n) is 13.2. The lowest BCUT2D eigenvalue weighted by atomic mass is 10.1. The average molecular weight is 669 g/mol. The van der Waals surface area contributed by atoms with Crippen molar-refractivity contribution in [3.63, 3.8) is 0 Å². The van der Waals surface area contributed by atoms with E-state index in [0.29, 0.717) is 0 Å². The summed E-state index contributed by atoms with van der Waals surface area (Å²) in [5.41, 5.74) is 6.75. The molecule has 0 amide bonds. The number of morpholine rings is 2. The zero-order valence-corrected chi connectivity index (χ0v) is 29.4. The third kappa shape index (κ3) is 8.57. The molecule has 0 saturated carbocycles. The van der Waals surface area contributed by atoms with Gasteiger partial charge >= 0.3 is 0 Å². The van der Waals surface area contributed by atoms with Crippen molar-refractivity contribution >= 4 is 27.6 Å². The number of rotatable bonds is 9. The van der Waals surface area contributed by atoms with Crippen LogP contribution in [0.2, 0.25) is 0 Å². The highest BCUT2D eigenvalue weighted by molar-refractivity contribution is 5.85. The highest BCUT2D eigenvalue weighted by Crippen LogP contribution is 2.21. The molecule has 0 bridgehead atoms. The van der Waals surface area contributed by atoms with Crippen LogP contribution < -0.4 is 0 Å². The Kier molecular flexibility index (Phi) is 11.1. The number of hydrogen-bond donors (Lipinski definition) is 0. The SMILES string of the molecule is Cc1cc(C=CCN2CCOCC2)nn1-c1ccc2ccccc2c1.Cc1cc(CCCN2CCOCC2)nn1-c1ccc2ccccc2c1. The normalized spacial score (nSPS) is 15.9. The lowest BCUT2D eigenvalue weighted by Gasteiger charge is -2.26. The predicted octanol–water partition coefficient (Wildman–Crippen LogP) is 7.28. The first kappa shape index (κ1) is 33.9. The molecule has 50 heavy (non-hydrogen) atoms. The fourth-order valence-electron chi connectivity index (χ4n) is 6.79. The summed E-state index contributed by atoms with van der Waals surface area (Å²) < 4.78 is 14.9. The largest absolute Gasteiger partial charge is 0.379 e. The Bertz CT molecular complexity index is 2030. The quantitative estimate of drug-likeness (QED) is 0.162. The van der Waals surface area contributed by atoms with Crippen LogP contribution in [0, 0.1) is 13.8 Å². The van der Waals surface area contributed by atoms with Gasteiger partial charge in [-0.25, -0.2) is 9.36 Å². The minimum Gasteiger partial charge on any atom is -0.379 e. The van der Waals surface area contributed by atoms with E-state index in [2.05, 4.69) is 138 Å². The molecule has 4 heterocycles. The second-order valence-corrected chi connectivity index (χ2v) is 13.2. The first-order valence-electron chi connectivity index (χ1n) is 18.0. The van der Waals surface area contributed by atoms with Crippen LogP contribution in [0.3, 0.4) is 0 Å². The van der Waals surface area contributed by atoms with Gasteiger partial charge in [-0.2, -0.15) is 10.2 Å². The minimum atomic E-state index is 0.837. The minimum absolute atomic E-state index is 0.837. The van der Waals surface area contributed by atoms with E-state index in [0.717, 1.165) is 101 Å². The third-order valence-electron chi connectivity index (χ3n) is 9.57. The van der Waals surface area contributed by atoms with Gasteiger partial charge in [0.15, 0.2) is 0 Å². The van der Waals surface area contributed by atoms with Crippen LogP contribution in [0.5, 0.6) is 0 Å². The average Bonchev–Trinajstić information content (AvgIpc) is 3.73. The Labute approximate surface area is 295 Å². The van der Waals surface area contributed by atoms with Crippen LogP contribution in [-0.4, -0.2) is 95.1 Å². The van der Waals surface area contributed by atoms with Crippen LogP contribution in [0.1, 0.15) is 29.2 Å². The molecule has 258 valence electrons. The Morgan fingerprint density at radius 3 is 1.76 bits per heavy atom. The molecule has 8 heteroatoms. The molecule has 4 aromatic carbocycles. The molecule has 2 saturated heterocycles. The molecule has 2 aliphatic heterocycles. The number of benzene rings is 4. The van der Waals surface area contributed by atoms with Crippen LogP contribution in [-0.2, 0) is 15.9 Å². The van der Waals surface area contributed by atoms with Gasteiger partial charge in [-0.3, -0.25) is 9.80 Å². The Balaban J connectivity index is 0.000000157. The molecular weight excluding hydrogens is 621 g/mol. The fraction of sp³-hybridized carbons (Fsp3) is 0.333. The van der Waals surface area contributed by atoms with Crippen molar-refractivity contribution in [1.29, 1.82) is 0 Å². The smallest absolute Gasteiger partial charge is 0.0855 e. The predicted molar refractivity (Wildman–Crippen MR) is 203 cm³/mol. The summed E-state index contributed by atoms with van der Waals surface area (Å²) in [6, 6.07) is 34.2. The van der Waals surface area contributed by atoms with E-state index in [1.165, 1.54) is 32.9 Å². The third-order valence-corrected chi connectivity index (χ3v) is 9.57. The monoisotopic (exact) mass is 668 g/mol. The summed E-state index contributed by atoms with van der Waals surface area (Å²) in [5, 5.41) is 14.6. The molecule has 2 aromatic heterocycles. The molecule has 0 radical (unpaired) electrons. The first-order valence-corrected chi connectivity index (χ1v) is 18.0. The summed E-state index contributed by atoms with van der Waals surface area (Å²) in [5.74, 6) is 0. The molecule has 6 aromatic rings. The van der Waals surface area contributed by atoms with Gasteiger partial charge in [0, 0.05) is 44.1 Å². The standard InChI is InChI=1S/C21H25N3O.C21H23N3O/c2*1-17-15-20(7-4-10-23-11-13-25-14-12-23)22-24(17)21-9-8-18-5-2-3-6-19(18)16-21/h2-3,5-6,8-9,15-16H,4,7,10-14H2,1H3;2-9,15-16H,10-14H2,1H3. The summed E-state index contributed by atoms with van der Waals surface area (Å²) in [4.78, 5) is 4.88. The number of ether oxygens (including phenoxy) is 2. The van der Waals surface area contributed by atoms with Gasteiger partial charge in [0.05, 0.1) is 49.2 Å². The van der Waals surface area contributed by atoms with Crippen LogP contribution in [0.4, 0.5) is 0 Å². The van der Waals surface area contributed by atoms with Crippen molar-refractivity contribution in [3.05, 3.63) is 126 Å². The summed E-state index contributed by atoms with van der Waals surface area (Å²) in [6.07, 6.45) is 6.48. The van der Waals surface area contributed by atoms with Crippen LogP contribution in [0.25, 0.3) is 39.0 Å². The van der Waals surface area contributed by atoms with E-state index < -0.39 is 0 Å². The molecule has 0 unspecified atom stereocenters. The van der Waals surface area contributed by atoms with Crippen molar-refractivity contribution in [2.24, 2.45) is 0 Å². The molecule has 0 N–H and O–H groups in total. The van der Waals surface area contributed by atoms with E-state index in [9.17, 15) is 0 Å². The molecule has 0 atom stereocenters. The van der Waals surface area contributed by atoms with Crippen molar-refractivity contribution in [1.82, 2.24) is 29.4 Å². The Hall–Kier alpha value is -4.60. The molecule has 8 rings (SSSR count). The molecular formula is C42H48N6O2. The maximum Gasteiger partial charge on any atom is 0.0855 e. The van der Waals surface area contributed by atoms with E-state index >= 15 is 0 Å². The Morgan fingerprint density at radius 1 is 0.600 bits per heavy atom. The summed E-state index contributed by atoms with van der Waals surface area (Å²) in [7, 11) is 0. The maximum atomic E-state index is 5.41. The lowest BCUT2D eigenvalue weighted by molar-refractivity contribution is 0.0374. The zero-order chi connectivity index (χ0) is 34.1. The van der Waals surface area contributed by atoms with E-state index in [1.807, 2.05) is 4.68 Å². The van der Waals surface area contributed by atoms with Crippen molar-refractivity contribution in [2.75, 3.05) is 65.7 Å². The van der Waals surface area contributed by atoms with Gasteiger partial charge in [-0.05, 0) is 97.3 Å². The van der Waals surface area contributed by atoms with Gasteiger partial charge in [0.1, 0.15) is 0 Å². The molecule has 2 fully saturated rings. The Morgan fingerprint density at radius 2 is 1.14 bits per heavy atom. The maximum absolute atomic E-state index is 5.41. The fourth-order valence-corrected chi connectivity index (χ4v) is 6.79. The van der Waals surface area contributed by atoms with Gasteiger partial charge in [0.25, 0.3) is 0 Å². The van der Waals surface area contributed by atoms with Gasteiger partial charge in [-0.1, -0.05) is 66.7 Å². The number of aryl methyl sites for hydroxylation is 3. The van der Waals surface area contributed by atoms with Gasteiger partial charge < -0.3 is 9.47 Å². The molecule has 0 spiro atoms. The highest BCUT2D eigenvalue weighted by atomic mass is 16.5. The topological polar surface area (TPSA) is 60.6 Å². The van der Waals surface area contributed by atoms with Crippen molar-refractivity contribution < 1.29 is 9.47 Å². The number of fused-ring (bicyclic) bond motifs is 2. The number of nitrogens with zero attached hydrogens (tertiary/aromatic N) is 6. The highest BCUT2D eigenvalue weighted by Gasteiger charge is 2.12. The molecule has 0 aliphatic carbocycles. The first-order chi connectivity index (χ1) is 24.6. The van der Waals surface area contributed by atoms with Gasteiger partial charge in [0.2, 0.25) is 0 Å². The van der Waals surface area contributed by atoms with Crippen molar-refractivity contribution in [3.8, 4) is 11.4 Å². The van der Waals surface area contributed by atoms with E-state index in [4.69, 9.17) is 19.7 Å². The number of aromatic nitrogens is 4. The second kappa shape index (κ2) is 16.4. The lowest BCUT2D eigenvalue weighted by Crippen LogP contribution is -2.36.